The van der Waals surface area contributed by atoms with E-state index in [9.17, 15) is 18.0 Å². The van der Waals surface area contributed by atoms with Crippen molar-refractivity contribution in [1.82, 2.24) is 10.0 Å². The Bertz CT molecular complexity index is 1380. The number of amides is 2. The van der Waals surface area contributed by atoms with Gasteiger partial charge in [0.2, 0.25) is 10.0 Å². The Morgan fingerprint density at radius 2 is 1.72 bits per heavy atom. The van der Waals surface area contributed by atoms with Crippen LogP contribution in [-0.4, -0.2) is 52.1 Å². The minimum absolute atomic E-state index is 0.0365. The first kappa shape index (κ1) is 28.1. The number of sulfonamides is 1. The largest absolute Gasteiger partial charge is 0.484 e. The number of ether oxygens (including phenoxy) is 2. The van der Waals surface area contributed by atoms with E-state index in [2.05, 4.69) is 10.0 Å². The standard InChI is InChI=1S/C29H33N3O6S/c1-3-21(2)31-39(35,36)24-15-13-23(14-16-24)37-20-28(33)32-19-27(38-26-12-8-7-11-25(26)32)29(34)30-18-17-22-9-5-4-6-10-22/h4-16,21,27,31H,3,17-20H2,1-2H3,(H,30,34)/t21-,27+/m0/s1. The average Bonchev–Trinajstić information content (AvgIpc) is 2.95. The van der Waals surface area contributed by atoms with Crippen molar-refractivity contribution in [3.05, 3.63) is 84.4 Å². The Labute approximate surface area is 229 Å². The van der Waals surface area contributed by atoms with E-state index >= 15 is 0 Å². The maximum Gasteiger partial charge on any atom is 0.265 e. The third kappa shape index (κ3) is 7.36. The SMILES string of the molecule is CC[C@H](C)NS(=O)(=O)c1ccc(OCC(=O)N2C[C@H](C(=O)NCCc3ccccc3)Oc3ccccc32)cc1. The van der Waals surface area contributed by atoms with Gasteiger partial charge < -0.3 is 19.7 Å². The molecule has 1 aliphatic rings. The quantitative estimate of drug-likeness (QED) is 0.378. The lowest BCUT2D eigenvalue weighted by molar-refractivity contribution is -0.128. The summed E-state index contributed by atoms with van der Waals surface area (Å²) in [6.07, 6.45) is 0.478. The van der Waals surface area contributed by atoms with E-state index in [0.717, 1.165) is 5.56 Å². The molecule has 0 saturated heterocycles. The summed E-state index contributed by atoms with van der Waals surface area (Å²) in [6, 6.07) is 22.6. The minimum Gasteiger partial charge on any atom is -0.484 e. The fraction of sp³-hybridized carbons (Fsp3) is 0.310. The number of anilines is 1. The third-order valence-electron chi connectivity index (χ3n) is 6.39. The molecule has 2 N–H and O–H groups in total. The number of nitrogens with zero attached hydrogens (tertiary/aromatic N) is 1. The smallest absolute Gasteiger partial charge is 0.265 e. The summed E-state index contributed by atoms with van der Waals surface area (Å²) in [5, 5.41) is 2.89. The van der Waals surface area contributed by atoms with E-state index in [0.29, 0.717) is 36.6 Å². The minimum atomic E-state index is -3.64. The molecular weight excluding hydrogens is 518 g/mol. The maximum absolute atomic E-state index is 13.2. The predicted molar refractivity (Wildman–Crippen MR) is 148 cm³/mol. The Hall–Kier alpha value is -3.89. The van der Waals surface area contributed by atoms with Gasteiger partial charge in [-0.1, -0.05) is 49.4 Å². The van der Waals surface area contributed by atoms with Gasteiger partial charge in [-0.05, 0) is 61.7 Å². The first-order valence-corrected chi connectivity index (χ1v) is 14.4. The molecule has 9 nitrogen and oxygen atoms in total. The topological polar surface area (TPSA) is 114 Å². The van der Waals surface area contributed by atoms with Gasteiger partial charge in [0, 0.05) is 12.6 Å². The Balaban J connectivity index is 1.37. The fourth-order valence-electron chi connectivity index (χ4n) is 4.05. The lowest BCUT2D eigenvalue weighted by Crippen LogP contribution is -2.52. The van der Waals surface area contributed by atoms with Gasteiger partial charge in [0.25, 0.3) is 11.8 Å². The van der Waals surface area contributed by atoms with Crippen molar-refractivity contribution in [2.75, 3.05) is 24.6 Å². The van der Waals surface area contributed by atoms with Crippen LogP contribution < -0.4 is 24.4 Å². The summed E-state index contributed by atoms with van der Waals surface area (Å²) in [6.45, 7) is 3.88. The molecule has 3 aromatic rings. The molecule has 0 unspecified atom stereocenters. The normalized spacial score (nSPS) is 15.5. The van der Waals surface area contributed by atoms with Crippen LogP contribution in [0.2, 0.25) is 0 Å². The third-order valence-corrected chi connectivity index (χ3v) is 7.99. The molecule has 0 bridgehead atoms. The highest BCUT2D eigenvalue weighted by Crippen LogP contribution is 2.33. The zero-order valence-electron chi connectivity index (χ0n) is 22.0. The van der Waals surface area contributed by atoms with Crippen LogP contribution in [0, 0.1) is 0 Å². The molecule has 0 spiro atoms. The molecule has 3 aromatic carbocycles. The van der Waals surface area contributed by atoms with Gasteiger partial charge in [-0.25, -0.2) is 13.1 Å². The van der Waals surface area contributed by atoms with Gasteiger partial charge in [-0.3, -0.25) is 9.59 Å². The summed E-state index contributed by atoms with van der Waals surface area (Å²) in [7, 11) is -3.64. The lowest BCUT2D eigenvalue weighted by atomic mass is 10.1. The van der Waals surface area contributed by atoms with Crippen LogP contribution in [0.3, 0.4) is 0 Å². The van der Waals surface area contributed by atoms with Crippen LogP contribution in [0.25, 0.3) is 0 Å². The van der Waals surface area contributed by atoms with Crippen LogP contribution in [0.15, 0.2) is 83.8 Å². The molecule has 4 rings (SSSR count). The molecule has 0 saturated carbocycles. The average molecular weight is 552 g/mol. The summed E-state index contributed by atoms with van der Waals surface area (Å²) in [4.78, 5) is 27.7. The highest BCUT2D eigenvalue weighted by molar-refractivity contribution is 7.89. The number of carbonyl (C=O) groups is 2. The number of rotatable bonds is 11. The summed E-state index contributed by atoms with van der Waals surface area (Å²) < 4.78 is 39.1. The Morgan fingerprint density at radius 3 is 2.44 bits per heavy atom. The van der Waals surface area contributed by atoms with Crippen LogP contribution in [-0.2, 0) is 26.0 Å². The number of hydrogen-bond donors (Lipinski definition) is 2. The van der Waals surface area contributed by atoms with Crippen molar-refractivity contribution in [3.8, 4) is 11.5 Å². The molecule has 2 atom stereocenters. The molecule has 0 fully saturated rings. The number of carbonyl (C=O) groups excluding carboxylic acids is 2. The Morgan fingerprint density at radius 1 is 1.03 bits per heavy atom. The zero-order chi connectivity index (χ0) is 27.8. The van der Waals surface area contributed by atoms with Crippen LogP contribution in [0.4, 0.5) is 5.69 Å². The van der Waals surface area contributed by atoms with Crippen molar-refractivity contribution in [1.29, 1.82) is 0 Å². The van der Waals surface area contributed by atoms with E-state index in [1.807, 2.05) is 37.3 Å². The molecule has 1 aliphatic heterocycles. The summed E-state index contributed by atoms with van der Waals surface area (Å²) in [5.41, 5.74) is 1.66. The van der Waals surface area contributed by atoms with E-state index in [1.165, 1.54) is 29.2 Å². The predicted octanol–water partition coefficient (Wildman–Crippen LogP) is 3.30. The zero-order valence-corrected chi connectivity index (χ0v) is 22.8. The van der Waals surface area contributed by atoms with E-state index < -0.39 is 16.1 Å². The number of para-hydroxylation sites is 2. The fourth-order valence-corrected chi connectivity index (χ4v) is 5.38. The number of hydrogen-bond acceptors (Lipinski definition) is 6. The first-order chi connectivity index (χ1) is 18.8. The van der Waals surface area contributed by atoms with Crippen molar-refractivity contribution in [2.45, 2.75) is 43.7 Å². The van der Waals surface area contributed by atoms with E-state index in [4.69, 9.17) is 9.47 Å². The van der Waals surface area contributed by atoms with Gasteiger partial charge in [-0.2, -0.15) is 0 Å². The lowest BCUT2D eigenvalue weighted by Gasteiger charge is -2.34. The van der Waals surface area contributed by atoms with Gasteiger partial charge >= 0.3 is 0 Å². The summed E-state index contributed by atoms with van der Waals surface area (Å²) >= 11 is 0. The van der Waals surface area contributed by atoms with Gasteiger partial charge in [-0.15, -0.1) is 0 Å². The molecule has 0 aliphatic carbocycles. The van der Waals surface area contributed by atoms with Gasteiger partial charge in [0.05, 0.1) is 17.1 Å². The van der Waals surface area contributed by atoms with Crippen LogP contribution >= 0.6 is 0 Å². The molecule has 39 heavy (non-hydrogen) atoms. The van der Waals surface area contributed by atoms with Crippen molar-refractivity contribution >= 4 is 27.5 Å². The highest BCUT2D eigenvalue weighted by atomic mass is 32.2. The molecule has 2 amide bonds. The van der Waals surface area contributed by atoms with Gasteiger partial charge in [0.1, 0.15) is 11.5 Å². The number of fused-ring (bicyclic) bond motifs is 1. The monoisotopic (exact) mass is 551 g/mol. The first-order valence-electron chi connectivity index (χ1n) is 12.9. The second kappa shape index (κ2) is 12.8. The molecule has 10 heteroatoms. The van der Waals surface area contributed by atoms with Crippen molar-refractivity contribution in [3.63, 3.8) is 0 Å². The van der Waals surface area contributed by atoms with Crippen LogP contribution in [0.5, 0.6) is 11.5 Å². The number of benzene rings is 3. The van der Waals surface area contributed by atoms with Crippen molar-refractivity contribution in [2.24, 2.45) is 0 Å². The summed E-state index contributed by atoms with van der Waals surface area (Å²) in [5.74, 6) is 0.121. The number of nitrogens with one attached hydrogen (secondary N) is 2. The Kier molecular flexibility index (Phi) is 9.21. The second-order valence-electron chi connectivity index (χ2n) is 9.30. The molecule has 0 aromatic heterocycles. The molecule has 1 heterocycles. The van der Waals surface area contributed by atoms with E-state index in [-0.39, 0.29) is 35.9 Å². The van der Waals surface area contributed by atoms with Crippen LogP contribution in [0.1, 0.15) is 25.8 Å². The van der Waals surface area contributed by atoms with Gasteiger partial charge in [0.15, 0.2) is 12.7 Å². The van der Waals surface area contributed by atoms with E-state index in [1.54, 1.807) is 31.2 Å². The molecular formula is C29H33N3O6S. The molecule has 206 valence electrons. The van der Waals surface area contributed by atoms with Crippen molar-refractivity contribution < 1.29 is 27.5 Å². The second-order valence-corrected chi connectivity index (χ2v) is 11.0. The highest BCUT2D eigenvalue weighted by Gasteiger charge is 2.33. The maximum atomic E-state index is 13.2. The molecule has 0 radical (unpaired) electrons.